The smallest absolute Gasteiger partial charge is 0.315 e. The molecule has 194 valence electrons. The Balaban J connectivity index is 2.28. The molecule has 1 aliphatic rings. The van der Waals surface area contributed by atoms with Gasteiger partial charge in [-0.25, -0.2) is 0 Å². The number of nitro groups is 1. The highest BCUT2D eigenvalue weighted by atomic mass is 16.7. The predicted molar refractivity (Wildman–Crippen MR) is 128 cm³/mol. The first-order chi connectivity index (χ1) is 17.4. The molecule has 0 amide bonds. The van der Waals surface area contributed by atoms with Gasteiger partial charge in [0.1, 0.15) is 5.92 Å². The van der Waals surface area contributed by atoms with E-state index in [9.17, 15) is 14.9 Å². The second-order valence-corrected chi connectivity index (χ2v) is 7.46. The van der Waals surface area contributed by atoms with Crippen molar-refractivity contribution < 1.29 is 42.9 Å². The van der Waals surface area contributed by atoms with E-state index in [0.29, 0.717) is 17.2 Å². The lowest BCUT2D eigenvalue weighted by Gasteiger charge is -2.22. The van der Waals surface area contributed by atoms with Gasteiger partial charge in [-0.3, -0.25) is 19.9 Å². The number of fused-ring (bicyclic) bond motifs is 1. The van der Waals surface area contributed by atoms with Crippen LogP contribution in [0.3, 0.4) is 0 Å². The van der Waals surface area contributed by atoms with Crippen molar-refractivity contribution in [2.45, 2.75) is 19.6 Å². The molecule has 0 bridgehead atoms. The van der Waals surface area contributed by atoms with Gasteiger partial charge in [0.25, 0.3) is 5.69 Å². The van der Waals surface area contributed by atoms with Crippen LogP contribution in [0.4, 0.5) is 11.4 Å². The number of esters is 1. The van der Waals surface area contributed by atoms with Gasteiger partial charge in [-0.15, -0.1) is 0 Å². The summed E-state index contributed by atoms with van der Waals surface area (Å²) >= 11 is 0. The van der Waals surface area contributed by atoms with E-state index in [-0.39, 0.29) is 48.3 Å². The van der Waals surface area contributed by atoms with Gasteiger partial charge in [0.15, 0.2) is 29.3 Å². The molecule has 0 saturated carbocycles. The monoisotopic (exact) mass is 504 g/mol. The zero-order valence-electron chi connectivity index (χ0n) is 20.6. The first kappa shape index (κ1) is 26.7. The summed E-state index contributed by atoms with van der Waals surface area (Å²) in [6.07, 6.45) is -0.841. The van der Waals surface area contributed by atoms with Crippen LogP contribution in [0.1, 0.15) is 18.9 Å². The van der Waals surface area contributed by atoms with Crippen LogP contribution in [-0.4, -0.2) is 64.7 Å². The number of aliphatic imine (C=N–C) groups is 1. The molecule has 0 spiro atoms. The summed E-state index contributed by atoms with van der Waals surface area (Å²) in [5.74, 6) is -0.390. The summed E-state index contributed by atoms with van der Waals surface area (Å²) in [6.45, 7) is 1.66. The van der Waals surface area contributed by atoms with Crippen molar-refractivity contribution in [1.29, 1.82) is 0 Å². The third-order valence-corrected chi connectivity index (χ3v) is 5.44. The number of hydrogen-bond acceptors (Lipinski definition) is 11. The molecule has 0 fully saturated rings. The molecule has 1 aliphatic heterocycles. The molecule has 1 heterocycles. The van der Waals surface area contributed by atoms with Crippen molar-refractivity contribution in [2.24, 2.45) is 10.9 Å². The lowest BCUT2D eigenvalue weighted by atomic mass is 9.91. The Morgan fingerprint density at radius 2 is 1.72 bits per heavy atom. The van der Waals surface area contributed by atoms with E-state index < -0.39 is 23.1 Å². The van der Waals surface area contributed by atoms with E-state index in [1.807, 2.05) is 0 Å². The third-order valence-electron chi connectivity index (χ3n) is 5.44. The summed E-state index contributed by atoms with van der Waals surface area (Å²) < 4.78 is 37.3. The second-order valence-electron chi connectivity index (χ2n) is 7.46. The molecule has 0 aromatic heterocycles. The van der Waals surface area contributed by atoms with E-state index >= 15 is 0 Å². The zero-order valence-corrected chi connectivity index (χ0v) is 20.6. The Hall–Kier alpha value is -3.90. The number of hydrogen-bond donors (Lipinski definition) is 0. The SMILES string of the molecule is CCOC(=O)C(CC(OC)OC)C(=Nc1ccc(OC)c(OC)c1)c1cc2c(cc1[N+](=O)[O-])OCO2. The number of carbonyl (C=O) groups excluding carboxylic acids is 1. The molecule has 0 aliphatic carbocycles. The van der Waals surface area contributed by atoms with Gasteiger partial charge >= 0.3 is 5.97 Å². The Kier molecular flexibility index (Phi) is 9.03. The molecular formula is C24H28N2O10. The summed E-state index contributed by atoms with van der Waals surface area (Å²) in [6, 6.07) is 7.53. The second kappa shape index (κ2) is 12.2. The lowest BCUT2D eigenvalue weighted by Crippen LogP contribution is -2.32. The fraction of sp³-hybridized carbons (Fsp3) is 0.417. The van der Waals surface area contributed by atoms with Crippen LogP contribution in [0.25, 0.3) is 0 Å². The molecule has 1 unspecified atom stereocenters. The van der Waals surface area contributed by atoms with Crippen LogP contribution in [0.15, 0.2) is 35.3 Å². The normalized spacial score (nSPS) is 13.4. The van der Waals surface area contributed by atoms with Crippen LogP contribution in [0.5, 0.6) is 23.0 Å². The number of nitrogens with zero attached hydrogens (tertiary/aromatic N) is 2. The maximum Gasteiger partial charge on any atom is 0.315 e. The molecule has 0 N–H and O–H groups in total. The Bertz CT molecular complexity index is 1130. The van der Waals surface area contributed by atoms with Crippen LogP contribution >= 0.6 is 0 Å². The summed E-state index contributed by atoms with van der Waals surface area (Å²) in [5.41, 5.74) is 0.155. The number of rotatable bonds is 12. The molecule has 3 rings (SSSR count). The van der Waals surface area contributed by atoms with Crippen molar-refractivity contribution in [3.63, 3.8) is 0 Å². The molecule has 12 heteroatoms. The topological polar surface area (TPSA) is 137 Å². The molecule has 0 radical (unpaired) electrons. The van der Waals surface area contributed by atoms with Gasteiger partial charge in [0.05, 0.1) is 48.8 Å². The highest BCUT2D eigenvalue weighted by Gasteiger charge is 2.36. The predicted octanol–water partition coefficient (Wildman–Crippen LogP) is 3.65. The van der Waals surface area contributed by atoms with Crippen molar-refractivity contribution in [3.8, 4) is 23.0 Å². The van der Waals surface area contributed by atoms with E-state index in [4.69, 9.17) is 33.2 Å². The van der Waals surface area contributed by atoms with Crippen LogP contribution in [0, 0.1) is 16.0 Å². The van der Waals surface area contributed by atoms with E-state index in [2.05, 4.69) is 4.99 Å². The highest BCUT2D eigenvalue weighted by molar-refractivity contribution is 6.15. The molecule has 36 heavy (non-hydrogen) atoms. The minimum atomic E-state index is -1.10. The van der Waals surface area contributed by atoms with Crippen LogP contribution in [-0.2, 0) is 19.0 Å². The quantitative estimate of drug-likeness (QED) is 0.138. The third kappa shape index (κ3) is 5.83. The van der Waals surface area contributed by atoms with Gasteiger partial charge in [0, 0.05) is 32.8 Å². The highest BCUT2D eigenvalue weighted by Crippen LogP contribution is 2.40. The Labute approximate surface area is 207 Å². The number of methoxy groups -OCH3 is 4. The number of benzene rings is 2. The number of ether oxygens (including phenoxy) is 7. The minimum absolute atomic E-state index is 0.0243. The fourth-order valence-corrected chi connectivity index (χ4v) is 3.69. The Morgan fingerprint density at radius 1 is 1.06 bits per heavy atom. The molecular weight excluding hydrogens is 476 g/mol. The van der Waals surface area contributed by atoms with Crippen molar-refractivity contribution in [2.75, 3.05) is 41.8 Å². The number of nitro benzene ring substituents is 1. The van der Waals surface area contributed by atoms with Crippen LogP contribution < -0.4 is 18.9 Å². The van der Waals surface area contributed by atoms with Crippen molar-refractivity contribution in [1.82, 2.24) is 0 Å². The molecule has 1 atom stereocenters. The average Bonchev–Trinajstić information content (AvgIpc) is 3.35. The summed E-state index contributed by atoms with van der Waals surface area (Å²) in [7, 11) is 5.81. The molecule has 2 aromatic rings. The molecule has 0 saturated heterocycles. The maximum atomic E-state index is 13.2. The van der Waals surface area contributed by atoms with E-state index in [1.165, 1.54) is 40.6 Å². The van der Waals surface area contributed by atoms with Gasteiger partial charge in [-0.05, 0) is 19.1 Å². The first-order valence-electron chi connectivity index (χ1n) is 11.0. The fourth-order valence-electron chi connectivity index (χ4n) is 3.69. The minimum Gasteiger partial charge on any atom is -0.493 e. The Morgan fingerprint density at radius 3 is 2.31 bits per heavy atom. The molecule has 2 aromatic carbocycles. The zero-order chi connectivity index (χ0) is 26.2. The standard InChI is InChI=1S/C24H28N2O10/c1-6-34-24(27)16(11-22(32-4)33-5)23(25-14-7-8-18(30-2)19(9-14)31-3)15-10-20-21(36-13-35-20)12-17(15)26(28)29/h7-10,12,16,22H,6,11,13H2,1-5H3. The summed E-state index contributed by atoms with van der Waals surface area (Å²) in [5, 5.41) is 12.1. The summed E-state index contributed by atoms with van der Waals surface area (Å²) in [4.78, 5) is 29.3. The van der Waals surface area contributed by atoms with Crippen LogP contribution in [0.2, 0.25) is 0 Å². The lowest BCUT2D eigenvalue weighted by molar-refractivity contribution is -0.385. The molecule has 12 nitrogen and oxygen atoms in total. The van der Waals surface area contributed by atoms with Gasteiger partial charge in [0.2, 0.25) is 6.79 Å². The van der Waals surface area contributed by atoms with Crippen molar-refractivity contribution in [3.05, 3.63) is 46.0 Å². The average molecular weight is 504 g/mol. The van der Waals surface area contributed by atoms with Gasteiger partial charge < -0.3 is 33.2 Å². The van der Waals surface area contributed by atoms with Gasteiger partial charge in [-0.1, -0.05) is 0 Å². The van der Waals surface area contributed by atoms with E-state index in [0.717, 1.165) is 0 Å². The van der Waals surface area contributed by atoms with Gasteiger partial charge in [-0.2, -0.15) is 0 Å². The number of carbonyl (C=O) groups is 1. The van der Waals surface area contributed by atoms with E-state index in [1.54, 1.807) is 25.1 Å². The maximum absolute atomic E-state index is 13.2. The largest absolute Gasteiger partial charge is 0.493 e. The first-order valence-corrected chi connectivity index (χ1v) is 11.0. The van der Waals surface area contributed by atoms with Crippen molar-refractivity contribution >= 4 is 23.1 Å².